The van der Waals surface area contributed by atoms with Gasteiger partial charge in [-0.3, -0.25) is 9.78 Å². The summed E-state index contributed by atoms with van der Waals surface area (Å²) < 4.78 is 30.5. The fourth-order valence-electron chi connectivity index (χ4n) is 1.46. The van der Waals surface area contributed by atoms with Gasteiger partial charge in [-0.05, 0) is 5.56 Å². The molecule has 1 aromatic heterocycles. The van der Waals surface area contributed by atoms with Crippen molar-refractivity contribution in [2.75, 3.05) is 7.11 Å². The smallest absolute Gasteiger partial charge is 0.311 e. The van der Waals surface area contributed by atoms with E-state index >= 15 is 0 Å². The van der Waals surface area contributed by atoms with Crippen LogP contribution in [0.4, 0.5) is 8.78 Å². The van der Waals surface area contributed by atoms with Crippen molar-refractivity contribution < 1.29 is 18.3 Å². The lowest BCUT2D eigenvalue weighted by Gasteiger charge is -2.12. The van der Waals surface area contributed by atoms with E-state index in [0.717, 1.165) is 0 Å². The van der Waals surface area contributed by atoms with E-state index < -0.39 is 12.4 Å². The van der Waals surface area contributed by atoms with E-state index in [1.165, 1.54) is 13.3 Å². The second-order valence-corrected chi connectivity index (χ2v) is 3.87. The number of nitrogens with zero attached hydrogens (tertiary/aromatic N) is 2. The Morgan fingerprint density at radius 1 is 1.67 bits per heavy atom. The van der Waals surface area contributed by atoms with Crippen LogP contribution in [0.1, 0.15) is 28.8 Å². The topological polar surface area (TPSA) is 63.0 Å². The van der Waals surface area contributed by atoms with Crippen LogP contribution in [0.5, 0.6) is 0 Å². The van der Waals surface area contributed by atoms with Crippen LogP contribution in [0, 0.1) is 11.3 Å². The summed E-state index contributed by atoms with van der Waals surface area (Å²) in [5.41, 5.74) is -0.223. The van der Waals surface area contributed by atoms with Gasteiger partial charge in [-0.1, -0.05) is 15.9 Å². The molecule has 0 fully saturated rings. The highest BCUT2D eigenvalue weighted by molar-refractivity contribution is 9.08. The predicted molar refractivity (Wildman–Crippen MR) is 62.3 cm³/mol. The van der Waals surface area contributed by atoms with Crippen molar-refractivity contribution in [3.63, 3.8) is 0 Å². The second-order valence-electron chi connectivity index (χ2n) is 3.31. The number of hydrogen-bond donors (Lipinski definition) is 0. The fourth-order valence-corrected chi connectivity index (χ4v) is 2.06. The lowest BCUT2D eigenvalue weighted by Crippen LogP contribution is -2.12. The average Bonchev–Trinajstić information content (AvgIpc) is 2.37. The Hall–Kier alpha value is -1.55. The molecule has 7 heteroatoms. The van der Waals surface area contributed by atoms with Gasteiger partial charge >= 0.3 is 5.97 Å². The first-order chi connectivity index (χ1) is 8.54. The third kappa shape index (κ3) is 3.01. The summed E-state index contributed by atoms with van der Waals surface area (Å²) >= 11 is 3.06. The maximum absolute atomic E-state index is 13.0. The van der Waals surface area contributed by atoms with Crippen LogP contribution in [0.2, 0.25) is 0 Å². The number of alkyl halides is 3. The molecule has 1 heterocycles. The number of ether oxygens (including phenoxy) is 1. The highest BCUT2D eigenvalue weighted by Gasteiger charge is 2.23. The van der Waals surface area contributed by atoms with Crippen molar-refractivity contribution in [2.45, 2.75) is 18.2 Å². The summed E-state index contributed by atoms with van der Waals surface area (Å²) in [5.74, 6) is -0.658. The highest BCUT2D eigenvalue weighted by atomic mass is 79.9. The van der Waals surface area contributed by atoms with Gasteiger partial charge in [0.05, 0.1) is 24.8 Å². The maximum Gasteiger partial charge on any atom is 0.311 e. The number of pyridine rings is 1. The number of carbonyl (C=O) groups is 1. The Balaban J connectivity index is 3.35. The summed E-state index contributed by atoms with van der Waals surface area (Å²) in [6.07, 6.45) is -1.97. The van der Waals surface area contributed by atoms with E-state index in [2.05, 4.69) is 25.7 Å². The number of nitriles is 1. The number of halogens is 3. The molecule has 0 saturated heterocycles. The SMILES string of the molecule is COC(=O)Cc1ncc(C#N)c(CBr)c1C(F)F. The maximum atomic E-state index is 13.0. The summed E-state index contributed by atoms with van der Waals surface area (Å²) in [7, 11) is 1.17. The third-order valence-electron chi connectivity index (χ3n) is 2.32. The molecular weight excluding hydrogens is 310 g/mol. The number of carbonyl (C=O) groups excluding carboxylic acids is 1. The number of aromatic nitrogens is 1. The number of methoxy groups -OCH3 is 1. The molecule has 96 valence electrons. The van der Waals surface area contributed by atoms with Gasteiger partial charge in [0, 0.05) is 17.1 Å². The number of rotatable bonds is 4. The van der Waals surface area contributed by atoms with Gasteiger partial charge in [0.25, 0.3) is 6.43 Å². The molecule has 1 rings (SSSR count). The minimum atomic E-state index is -2.81. The first-order valence-electron chi connectivity index (χ1n) is 4.86. The molecule has 1 aromatic rings. The molecule has 0 bridgehead atoms. The molecular formula is C11H9BrF2N2O2. The normalized spacial score (nSPS) is 10.2. The number of esters is 1. The molecule has 0 aliphatic carbocycles. The summed E-state index contributed by atoms with van der Waals surface area (Å²) in [5, 5.41) is 8.92. The van der Waals surface area contributed by atoms with Gasteiger partial charge in [-0.2, -0.15) is 5.26 Å². The Morgan fingerprint density at radius 2 is 2.33 bits per heavy atom. The molecule has 0 saturated carbocycles. The van der Waals surface area contributed by atoms with E-state index in [1.54, 1.807) is 6.07 Å². The zero-order valence-corrected chi connectivity index (χ0v) is 11.0. The van der Waals surface area contributed by atoms with Crippen LogP contribution >= 0.6 is 15.9 Å². The van der Waals surface area contributed by atoms with Gasteiger partial charge in [0.1, 0.15) is 6.07 Å². The van der Waals surface area contributed by atoms with E-state index in [1.807, 2.05) is 0 Å². The van der Waals surface area contributed by atoms with Crippen LogP contribution in [-0.4, -0.2) is 18.1 Å². The third-order valence-corrected chi connectivity index (χ3v) is 2.88. The number of hydrogen-bond acceptors (Lipinski definition) is 4. The lowest BCUT2D eigenvalue weighted by molar-refractivity contribution is -0.139. The van der Waals surface area contributed by atoms with Crippen molar-refractivity contribution >= 4 is 21.9 Å². The molecule has 0 spiro atoms. The monoisotopic (exact) mass is 318 g/mol. The molecule has 0 N–H and O–H groups in total. The molecule has 0 aromatic carbocycles. The van der Waals surface area contributed by atoms with Crippen molar-refractivity contribution in [2.24, 2.45) is 0 Å². The zero-order chi connectivity index (χ0) is 13.7. The van der Waals surface area contributed by atoms with Gasteiger partial charge < -0.3 is 4.74 Å². The quantitative estimate of drug-likeness (QED) is 0.632. The van der Waals surface area contributed by atoms with Crippen LogP contribution in [0.3, 0.4) is 0 Å². The van der Waals surface area contributed by atoms with E-state index in [4.69, 9.17) is 5.26 Å². The molecule has 0 radical (unpaired) electrons. The van der Waals surface area contributed by atoms with Gasteiger partial charge in [0.2, 0.25) is 0 Å². The van der Waals surface area contributed by atoms with E-state index in [9.17, 15) is 13.6 Å². The summed E-state index contributed by atoms with van der Waals surface area (Å²) in [4.78, 5) is 14.9. The van der Waals surface area contributed by atoms with Gasteiger partial charge in [0.15, 0.2) is 0 Å². The Kier molecular flexibility index (Phi) is 5.16. The van der Waals surface area contributed by atoms with Crippen LogP contribution < -0.4 is 0 Å². The van der Waals surface area contributed by atoms with Crippen molar-refractivity contribution in [3.05, 3.63) is 28.6 Å². The Bertz CT molecular complexity index is 501. The standard InChI is InChI=1S/C11H9BrF2N2O2/c1-18-9(17)2-8-10(11(13)14)7(3-12)6(4-15)5-16-8/h5,11H,2-3H2,1H3. The fraction of sp³-hybridized carbons (Fsp3) is 0.364. The summed E-state index contributed by atoms with van der Waals surface area (Å²) in [6, 6.07) is 1.79. The second kappa shape index (κ2) is 6.40. The van der Waals surface area contributed by atoms with E-state index in [-0.39, 0.29) is 34.1 Å². The zero-order valence-electron chi connectivity index (χ0n) is 9.41. The molecule has 4 nitrogen and oxygen atoms in total. The first kappa shape index (κ1) is 14.5. The molecule has 18 heavy (non-hydrogen) atoms. The molecule has 0 amide bonds. The molecule has 0 aliphatic heterocycles. The van der Waals surface area contributed by atoms with Crippen molar-refractivity contribution in [1.82, 2.24) is 4.98 Å². The molecule has 0 unspecified atom stereocenters. The molecule has 0 atom stereocenters. The van der Waals surface area contributed by atoms with Crippen LogP contribution in [0.15, 0.2) is 6.20 Å². The lowest BCUT2D eigenvalue weighted by atomic mass is 10.0. The Morgan fingerprint density at radius 3 is 2.78 bits per heavy atom. The molecule has 0 aliphatic rings. The van der Waals surface area contributed by atoms with Crippen molar-refractivity contribution in [1.29, 1.82) is 5.26 Å². The largest absolute Gasteiger partial charge is 0.469 e. The minimum absolute atomic E-state index is 0.0645. The Labute approximate surface area is 111 Å². The van der Waals surface area contributed by atoms with Crippen molar-refractivity contribution in [3.8, 4) is 6.07 Å². The predicted octanol–water partition coefficient (Wildman–Crippen LogP) is 2.50. The summed E-state index contributed by atoms with van der Waals surface area (Å²) in [6.45, 7) is 0. The van der Waals surface area contributed by atoms with Gasteiger partial charge in [-0.15, -0.1) is 0 Å². The average molecular weight is 319 g/mol. The van der Waals surface area contributed by atoms with Gasteiger partial charge in [-0.25, -0.2) is 8.78 Å². The highest BCUT2D eigenvalue weighted by Crippen LogP contribution is 2.29. The minimum Gasteiger partial charge on any atom is -0.469 e. The first-order valence-corrected chi connectivity index (χ1v) is 5.99. The van der Waals surface area contributed by atoms with Crippen LogP contribution in [0.25, 0.3) is 0 Å². The van der Waals surface area contributed by atoms with E-state index in [0.29, 0.717) is 0 Å². The van der Waals surface area contributed by atoms with Crippen LogP contribution in [-0.2, 0) is 21.3 Å².